The van der Waals surface area contributed by atoms with Crippen molar-refractivity contribution in [3.8, 4) is 0 Å². The van der Waals surface area contributed by atoms with Gasteiger partial charge in [-0.25, -0.2) is 0 Å². The molecule has 14 heavy (non-hydrogen) atoms. The summed E-state index contributed by atoms with van der Waals surface area (Å²) in [5.74, 6) is 2.07. The molecule has 0 spiro atoms. The predicted molar refractivity (Wildman–Crippen MR) is 63.0 cm³/mol. The summed E-state index contributed by atoms with van der Waals surface area (Å²) in [6.07, 6.45) is 1.08. The van der Waals surface area contributed by atoms with Crippen molar-refractivity contribution in [2.24, 2.45) is 0 Å². The van der Waals surface area contributed by atoms with E-state index in [9.17, 15) is 0 Å². The summed E-state index contributed by atoms with van der Waals surface area (Å²) < 4.78 is 4.96. The molecule has 0 aromatic rings. The van der Waals surface area contributed by atoms with Crippen LogP contribution in [0, 0.1) is 0 Å². The summed E-state index contributed by atoms with van der Waals surface area (Å²) in [6, 6.07) is 0.661. The van der Waals surface area contributed by atoms with Gasteiger partial charge in [-0.15, -0.1) is 0 Å². The Hall–Kier alpha value is 0.230. The van der Waals surface area contributed by atoms with Gasteiger partial charge in [-0.1, -0.05) is 13.8 Å². The Morgan fingerprint density at radius 1 is 1.43 bits per heavy atom. The normalized spacial score (nSPS) is 13.5. The zero-order chi connectivity index (χ0) is 10.8. The Kier molecular flexibility index (Phi) is 9.93. The van der Waals surface area contributed by atoms with Crippen LogP contribution < -0.4 is 5.32 Å². The number of ether oxygens (including phenoxy) is 1. The second kappa shape index (κ2) is 9.77. The summed E-state index contributed by atoms with van der Waals surface area (Å²) >= 11 is 1.87. The third kappa shape index (κ3) is 8.81. The van der Waals surface area contributed by atoms with Crippen LogP contribution in [0.5, 0.6) is 0 Å². The zero-order valence-electron chi connectivity index (χ0n) is 9.45. The van der Waals surface area contributed by atoms with Gasteiger partial charge in [-0.2, -0.15) is 11.8 Å². The molecular formula is C10H23NO2S. The van der Waals surface area contributed by atoms with Crippen molar-refractivity contribution in [3.05, 3.63) is 0 Å². The fourth-order valence-corrected chi connectivity index (χ4v) is 2.13. The summed E-state index contributed by atoms with van der Waals surface area (Å²) in [6.45, 7) is 5.24. The van der Waals surface area contributed by atoms with Crippen LogP contribution in [0.3, 0.4) is 0 Å². The molecule has 0 aliphatic heterocycles. The molecule has 4 heteroatoms. The Bertz CT molecular complexity index is 123. The molecule has 1 unspecified atom stereocenters. The lowest BCUT2D eigenvalue weighted by Gasteiger charge is -2.18. The van der Waals surface area contributed by atoms with Gasteiger partial charge >= 0.3 is 0 Å². The topological polar surface area (TPSA) is 41.5 Å². The van der Waals surface area contributed by atoms with E-state index < -0.39 is 0 Å². The standard InChI is InChI=1S/C10H23NO2S/c1-9(2)11-10(7-12)8-14-6-4-5-13-3/h9-12H,4-8H2,1-3H3. The van der Waals surface area contributed by atoms with Gasteiger partial charge in [-0.05, 0) is 12.2 Å². The first kappa shape index (κ1) is 14.2. The van der Waals surface area contributed by atoms with E-state index in [1.807, 2.05) is 11.8 Å². The summed E-state index contributed by atoms with van der Waals surface area (Å²) in [7, 11) is 1.72. The molecule has 0 aliphatic rings. The molecule has 0 aromatic carbocycles. The van der Waals surface area contributed by atoms with Crippen LogP contribution in [0.2, 0.25) is 0 Å². The molecule has 0 saturated carbocycles. The number of methoxy groups -OCH3 is 1. The number of rotatable bonds is 9. The Morgan fingerprint density at radius 3 is 2.64 bits per heavy atom. The SMILES string of the molecule is COCCCSCC(CO)NC(C)C. The first-order valence-electron chi connectivity index (χ1n) is 5.14. The fraction of sp³-hybridized carbons (Fsp3) is 1.00. The van der Waals surface area contributed by atoms with E-state index in [1.54, 1.807) is 7.11 Å². The number of hydrogen-bond acceptors (Lipinski definition) is 4. The smallest absolute Gasteiger partial charge is 0.0592 e. The van der Waals surface area contributed by atoms with E-state index in [2.05, 4.69) is 19.2 Å². The molecule has 0 aromatic heterocycles. The van der Waals surface area contributed by atoms with Crippen LogP contribution in [0.1, 0.15) is 20.3 Å². The van der Waals surface area contributed by atoms with Crippen molar-refractivity contribution in [1.29, 1.82) is 0 Å². The van der Waals surface area contributed by atoms with Crippen LogP contribution in [0.15, 0.2) is 0 Å². The number of thioether (sulfide) groups is 1. The second-order valence-electron chi connectivity index (χ2n) is 3.62. The van der Waals surface area contributed by atoms with Crippen molar-refractivity contribution in [3.63, 3.8) is 0 Å². The molecule has 0 amide bonds. The predicted octanol–water partition coefficient (Wildman–Crippen LogP) is 1.12. The average molecular weight is 221 g/mol. The minimum Gasteiger partial charge on any atom is -0.395 e. The molecule has 2 N–H and O–H groups in total. The fourth-order valence-electron chi connectivity index (χ4n) is 1.16. The maximum Gasteiger partial charge on any atom is 0.0592 e. The van der Waals surface area contributed by atoms with Gasteiger partial charge < -0.3 is 15.2 Å². The molecule has 0 fully saturated rings. The van der Waals surface area contributed by atoms with E-state index in [4.69, 9.17) is 9.84 Å². The molecule has 0 saturated heterocycles. The molecular weight excluding hydrogens is 198 g/mol. The monoisotopic (exact) mass is 221 g/mol. The minimum atomic E-state index is 0.218. The van der Waals surface area contributed by atoms with Gasteiger partial charge in [-0.3, -0.25) is 0 Å². The van der Waals surface area contributed by atoms with Crippen LogP contribution in [-0.2, 0) is 4.74 Å². The number of aliphatic hydroxyl groups is 1. The minimum absolute atomic E-state index is 0.218. The lowest BCUT2D eigenvalue weighted by atomic mass is 10.3. The highest BCUT2D eigenvalue weighted by Crippen LogP contribution is 2.05. The maximum atomic E-state index is 9.08. The van der Waals surface area contributed by atoms with E-state index in [0.29, 0.717) is 6.04 Å². The number of aliphatic hydroxyl groups excluding tert-OH is 1. The van der Waals surface area contributed by atoms with Crippen LogP contribution in [-0.4, -0.2) is 49.0 Å². The van der Waals surface area contributed by atoms with Crippen molar-refractivity contribution in [2.75, 3.05) is 31.8 Å². The van der Waals surface area contributed by atoms with E-state index in [0.717, 1.165) is 24.5 Å². The summed E-state index contributed by atoms with van der Waals surface area (Å²) in [5, 5.41) is 12.4. The Morgan fingerprint density at radius 2 is 2.14 bits per heavy atom. The zero-order valence-corrected chi connectivity index (χ0v) is 10.3. The van der Waals surface area contributed by atoms with Crippen molar-refractivity contribution < 1.29 is 9.84 Å². The first-order valence-corrected chi connectivity index (χ1v) is 6.29. The maximum absolute atomic E-state index is 9.08. The largest absolute Gasteiger partial charge is 0.395 e. The summed E-state index contributed by atoms with van der Waals surface area (Å²) in [5.41, 5.74) is 0. The van der Waals surface area contributed by atoms with Crippen molar-refractivity contribution in [1.82, 2.24) is 5.32 Å². The van der Waals surface area contributed by atoms with Gasteiger partial charge in [0.1, 0.15) is 0 Å². The lowest BCUT2D eigenvalue weighted by Crippen LogP contribution is -2.39. The van der Waals surface area contributed by atoms with Gasteiger partial charge in [0.15, 0.2) is 0 Å². The van der Waals surface area contributed by atoms with Crippen LogP contribution in [0.4, 0.5) is 0 Å². The highest BCUT2D eigenvalue weighted by Gasteiger charge is 2.07. The highest BCUT2D eigenvalue weighted by molar-refractivity contribution is 7.99. The molecule has 0 heterocycles. The summed E-state index contributed by atoms with van der Waals surface area (Å²) in [4.78, 5) is 0. The third-order valence-electron chi connectivity index (χ3n) is 1.75. The molecule has 1 atom stereocenters. The van der Waals surface area contributed by atoms with Crippen molar-refractivity contribution in [2.45, 2.75) is 32.4 Å². The quantitative estimate of drug-likeness (QED) is 0.572. The molecule has 0 rings (SSSR count). The molecule has 3 nitrogen and oxygen atoms in total. The second-order valence-corrected chi connectivity index (χ2v) is 4.77. The van der Waals surface area contributed by atoms with E-state index in [1.165, 1.54) is 0 Å². The third-order valence-corrected chi connectivity index (χ3v) is 2.96. The molecule has 0 bridgehead atoms. The molecule has 0 aliphatic carbocycles. The van der Waals surface area contributed by atoms with Crippen molar-refractivity contribution >= 4 is 11.8 Å². The van der Waals surface area contributed by atoms with E-state index >= 15 is 0 Å². The Balaban J connectivity index is 3.33. The van der Waals surface area contributed by atoms with Crippen LogP contribution >= 0.6 is 11.8 Å². The molecule has 86 valence electrons. The van der Waals surface area contributed by atoms with Gasteiger partial charge in [0.2, 0.25) is 0 Å². The van der Waals surface area contributed by atoms with Gasteiger partial charge in [0.25, 0.3) is 0 Å². The first-order chi connectivity index (χ1) is 6.70. The number of nitrogens with one attached hydrogen (secondary N) is 1. The number of hydrogen-bond donors (Lipinski definition) is 2. The van der Waals surface area contributed by atoms with Gasteiger partial charge in [0.05, 0.1) is 6.61 Å². The van der Waals surface area contributed by atoms with Crippen LogP contribution in [0.25, 0.3) is 0 Å². The highest BCUT2D eigenvalue weighted by atomic mass is 32.2. The lowest BCUT2D eigenvalue weighted by molar-refractivity contribution is 0.200. The van der Waals surface area contributed by atoms with Gasteiger partial charge in [0, 0.05) is 31.6 Å². The van der Waals surface area contributed by atoms with E-state index in [-0.39, 0.29) is 12.6 Å². The Labute approximate surface area is 91.6 Å². The average Bonchev–Trinajstić information content (AvgIpc) is 2.15. The molecule has 0 radical (unpaired) electrons.